The smallest absolute Gasteiger partial charge is 0.246 e. The molecule has 0 N–H and O–H groups in total. The van der Waals surface area contributed by atoms with E-state index in [1.165, 1.54) is 0 Å². The molecule has 88 valence electrons. The lowest BCUT2D eigenvalue weighted by Crippen LogP contribution is -2.18. The van der Waals surface area contributed by atoms with Crippen molar-refractivity contribution >= 4 is 12.0 Å². The molecular formula is C12H19N3O. The third kappa shape index (κ3) is 2.72. The Hall–Kier alpha value is -1.58. The molecule has 0 unspecified atom stereocenters. The second kappa shape index (κ2) is 4.96. The summed E-state index contributed by atoms with van der Waals surface area (Å²) in [5, 5.41) is 0. The second-order valence-electron chi connectivity index (χ2n) is 4.26. The molecule has 4 heteroatoms. The summed E-state index contributed by atoms with van der Waals surface area (Å²) >= 11 is 0. The standard InChI is InChI=1S/C12H19N3O/c1-9(2)15-10(3)13-8-11(15)6-7-12(16)14(4)5/h6-9H,1-5H3/b7-6+. The monoisotopic (exact) mass is 221 g/mol. The Bertz CT molecular complexity index is 402. The Kier molecular flexibility index (Phi) is 3.88. The lowest BCUT2D eigenvalue weighted by Gasteiger charge is -2.12. The summed E-state index contributed by atoms with van der Waals surface area (Å²) < 4.78 is 2.10. The maximum Gasteiger partial charge on any atom is 0.246 e. The van der Waals surface area contributed by atoms with E-state index in [9.17, 15) is 4.79 Å². The summed E-state index contributed by atoms with van der Waals surface area (Å²) in [4.78, 5) is 17.2. The fraction of sp³-hybridized carbons (Fsp3) is 0.500. The highest BCUT2D eigenvalue weighted by Gasteiger charge is 2.07. The van der Waals surface area contributed by atoms with E-state index in [2.05, 4.69) is 23.4 Å². The van der Waals surface area contributed by atoms with Gasteiger partial charge in [-0.05, 0) is 26.8 Å². The molecule has 0 aliphatic heterocycles. The number of imidazole rings is 1. The molecule has 1 rings (SSSR count). The molecule has 0 atom stereocenters. The Labute approximate surface area is 96.6 Å². The minimum absolute atomic E-state index is 0.0193. The summed E-state index contributed by atoms with van der Waals surface area (Å²) in [6.07, 6.45) is 5.16. The number of carbonyl (C=O) groups is 1. The maximum absolute atomic E-state index is 11.4. The van der Waals surface area contributed by atoms with Crippen molar-refractivity contribution in [2.24, 2.45) is 0 Å². The number of aryl methyl sites for hydroxylation is 1. The highest BCUT2D eigenvalue weighted by atomic mass is 16.2. The van der Waals surface area contributed by atoms with Crippen molar-refractivity contribution in [1.82, 2.24) is 14.5 Å². The lowest BCUT2D eigenvalue weighted by molar-refractivity contribution is -0.123. The number of rotatable bonds is 3. The van der Waals surface area contributed by atoms with Crippen molar-refractivity contribution in [3.8, 4) is 0 Å². The average Bonchev–Trinajstić information content (AvgIpc) is 2.55. The van der Waals surface area contributed by atoms with Crippen molar-refractivity contribution in [3.63, 3.8) is 0 Å². The van der Waals surface area contributed by atoms with E-state index in [0.29, 0.717) is 6.04 Å². The lowest BCUT2D eigenvalue weighted by atomic mass is 10.3. The van der Waals surface area contributed by atoms with Crippen LogP contribution in [-0.2, 0) is 4.79 Å². The van der Waals surface area contributed by atoms with Crippen LogP contribution in [0.4, 0.5) is 0 Å². The number of amides is 1. The highest BCUT2D eigenvalue weighted by Crippen LogP contribution is 2.14. The van der Waals surface area contributed by atoms with E-state index >= 15 is 0 Å². The van der Waals surface area contributed by atoms with Crippen LogP contribution in [0.15, 0.2) is 12.3 Å². The largest absolute Gasteiger partial charge is 0.345 e. The fourth-order valence-electron chi connectivity index (χ4n) is 1.57. The van der Waals surface area contributed by atoms with E-state index in [1.807, 2.05) is 13.0 Å². The summed E-state index contributed by atoms with van der Waals surface area (Å²) in [5.74, 6) is 0.945. The first-order chi connectivity index (χ1) is 7.43. The average molecular weight is 221 g/mol. The minimum Gasteiger partial charge on any atom is -0.345 e. The predicted octanol–water partition coefficient (Wildman–Crippen LogP) is 1.87. The number of nitrogens with zero attached hydrogens (tertiary/aromatic N) is 3. The van der Waals surface area contributed by atoms with Crippen LogP contribution in [0, 0.1) is 6.92 Å². The van der Waals surface area contributed by atoms with Crippen LogP contribution >= 0.6 is 0 Å². The molecule has 1 heterocycles. The molecule has 0 saturated carbocycles. The van der Waals surface area contributed by atoms with Crippen LogP contribution in [0.1, 0.15) is 31.4 Å². The number of carbonyl (C=O) groups excluding carboxylic acids is 1. The molecule has 0 aromatic carbocycles. The third-order valence-corrected chi connectivity index (χ3v) is 2.36. The third-order valence-electron chi connectivity index (χ3n) is 2.36. The topological polar surface area (TPSA) is 38.1 Å². The SMILES string of the molecule is Cc1ncc(/C=C/C(=O)N(C)C)n1C(C)C. The first-order valence-electron chi connectivity index (χ1n) is 5.36. The minimum atomic E-state index is -0.0193. The van der Waals surface area contributed by atoms with Crippen molar-refractivity contribution in [2.45, 2.75) is 26.8 Å². The van der Waals surface area contributed by atoms with Crippen LogP contribution in [0.2, 0.25) is 0 Å². The molecule has 0 aliphatic rings. The van der Waals surface area contributed by atoms with Gasteiger partial charge in [0, 0.05) is 26.2 Å². The fourth-order valence-corrected chi connectivity index (χ4v) is 1.57. The van der Waals surface area contributed by atoms with E-state index < -0.39 is 0 Å². The zero-order valence-electron chi connectivity index (χ0n) is 10.6. The molecule has 0 fully saturated rings. The summed E-state index contributed by atoms with van der Waals surface area (Å²) in [7, 11) is 3.47. The van der Waals surface area contributed by atoms with Gasteiger partial charge >= 0.3 is 0 Å². The molecule has 1 amide bonds. The Balaban J connectivity index is 2.94. The van der Waals surface area contributed by atoms with Gasteiger partial charge < -0.3 is 9.47 Å². The summed E-state index contributed by atoms with van der Waals surface area (Å²) in [5.41, 5.74) is 0.961. The van der Waals surface area contributed by atoms with Gasteiger partial charge in [0.05, 0.1) is 11.9 Å². The van der Waals surface area contributed by atoms with Gasteiger partial charge in [0.1, 0.15) is 5.82 Å². The van der Waals surface area contributed by atoms with Gasteiger partial charge in [0.15, 0.2) is 0 Å². The summed E-state index contributed by atoms with van der Waals surface area (Å²) in [6, 6.07) is 0.344. The maximum atomic E-state index is 11.4. The number of aromatic nitrogens is 2. The van der Waals surface area contributed by atoms with Gasteiger partial charge in [0.25, 0.3) is 0 Å². The molecule has 0 radical (unpaired) electrons. The molecule has 0 spiro atoms. The molecular weight excluding hydrogens is 202 g/mol. The van der Waals surface area contributed by atoms with Gasteiger partial charge in [-0.3, -0.25) is 4.79 Å². The van der Waals surface area contributed by atoms with Crippen molar-refractivity contribution in [2.75, 3.05) is 14.1 Å². The Morgan fingerprint density at radius 3 is 2.62 bits per heavy atom. The quantitative estimate of drug-likeness (QED) is 0.731. The normalized spacial score (nSPS) is 11.4. The first-order valence-corrected chi connectivity index (χ1v) is 5.36. The van der Waals surface area contributed by atoms with Crippen molar-refractivity contribution in [1.29, 1.82) is 0 Å². The van der Waals surface area contributed by atoms with Crippen LogP contribution in [-0.4, -0.2) is 34.5 Å². The zero-order valence-corrected chi connectivity index (χ0v) is 10.6. The molecule has 0 bridgehead atoms. The van der Waals surface area contributed by atoms with Crippen LogP contribution in [0.25, 0.3) is 6.08 Å². The van der Waals surface area contributed by atoms with Gasteiger partial charge in [0.2, 0.25) is 5.91 Å². The van der Waals surface area contributed by atoms with Crippen LogP contribution in [0.5, 0.6) is 0 Å². The zero-order chi connectivity index (χ0) is 12.3. The number of hydrogen-bond acceptors (Lipinski definition) is 2. The first kappa shape index (κ1) is 12.5. The van der Waals surface area contributed by atoms with Gasteiger partial charge in [-0.15, -0.1) is 0 Å². The summed E-state index contributed by atoms with van der Waals surface area (Å²) in [6.45, 7) is 6.16. The Morgan fingerprint density at radius 1 is 1.50 bits per heavy atom. The van der Waals surface area contributed by atoms with Crippen molar-refractivity contribution < 1.29 is 4.79 Å². The van der Waals surface area contributed by atoms with E-state index in [0.717, 1.165) is 11.5 Å². The van der Waals surface area contributed by atoms with E-state index in [4.69, 9.17) is 0 Å². The van der Waals surface area contributed by atoms with Gasteiger partial charge in [-0.1, -0.05) is 0 Å². The highest BCUT2D eigenvalue weighted by molar-refractivity contribution is 5.91. The second-order valence-corrected chi connectivity index (χ2v) is 4.26. The van der Waals surface area contributed by atoms with Crippen LogP contribution < -0.4 is 0 Å². The Morgan fingerprint density at radius 2 is 2.12 bits per heavy atom. The van der Waals surface area contributed by atoms with Gasteiger partial charge in [-0.25, -0.2) is 4.98 Å². The molecule has 16 heavy (non-hydrogen) atoms. The van der Waals surface area contributed by atoms with E-state index in [-0.39, 0.29) is 5.91 Å². The predicted molar refractivity (Wildman–Crippen MR) is 65.1 cm³/mol. The van der Waals surface area contributed by atoms with E-state index in [1.54, 1.807) is 31.3 Å². The molecule has 0 aliphatic carbocycles. The molecule has 0 saturated heterocycles. The number of hydrogen-bond donors (Lipinski definition) is 0. The number of likely N-dealkylation sites (N-methyl/N-ethyl adjacent to an activating group) is 1. The van der Waals surface area contributed by atoms with Crippen LogP contribution in [0.3, 0.4) is 0 Å². The van der Waals surface area contributed by atoms with Gasteiger partial charge in [-0.2, -0.15) is 0 Å². The molecule has 1 aromatic heterocycles. The molecule has 4 nitrogen and oxygen atoms in total. The van der Waals surface area contributed by atoms with Crippen molar-refractivity contribution in [3.05, 3.63) is 23.8 Å². The molecule has 1 aromatic rings.